The number of nitrogens with zero attached hydrogens (tertiary/aromatic N) is 5. The second kappa shape index (κ2) is 8.84. The molecule has 1 amide bonds. The molecule has 0 saturated carbocycles. The lowest BCUT2D eigenvalue weighted by molar-refractivity contribution is -0.111. The van der Waals surface area contributed by atoms with Crippen LogP contribution < -0.4 is 15.4 Å². The van der Waals surface area contributed by atoms with Crippen molar-refractivity contribution >= 4 is 39.6 Å². The number of aromatic nitrogens is 5. The zero-order valence-electron chi connectivity index (χ0n) is 17.8. The minimum absolute atomic E-state index is 0.201. The van der Waals surface area contributed by atoms with Crippen LogP contribution in [0.5, 0.6) is 11.5 Å². The highest BCUT2D eigenvalue weighted by atomic mass is 19.1. The highest BCUT2D eigenvalue weighted by molar-refractivity contribution is 6.05. The number of ether oxygens (including phenoxy) is 1. The maximum atomic E-state index is 14.9. The number of hydrogen-bond donors (Lipinski definition) is 2. The van der Waals surface area contributed by atoms with Gasteiger partial charge in [0.1, 0.15) is 35.8 Å². The summed E-state index contributed by atoms with van der Waals surface area (Å²) in [6.45, 7) is 1.58. The second-order valence-electron chi connectivity index (χ2n) is 7.08. The lowest BCUT2D eigenvalue weighted by Crippen LogP contribution is -2.08. The first kappa shape index (κ1) is 20.8. The second-order valence-corrected chi connectivity index (χ2v) is 7.08. The minimum atomic E-state index is -0.532. The van der Waals surface area contributed by atoms with E-state index in [0.29, 0.717) is 39.6 Å². The summed E-state index contributed by atoms with van der Waals surface area (Å²) < 4.78 is 22.3. The molecule has 3 heterocycles. The van der Waals surface area contributed by atoms with Gasteiger partial charge in [-0.1, -0.05) is 5.92 Å². The molecule has 0 fully saturated rings. The summed E-state index contributed by atoms with van der Waals surface area (Å²) in [5, 5.41) is 10.3. The molecule has 0 spiro atoms. The molecule has 10 heteroatoms. The van der Waals surface area contributed by atoms with Crippen LogP contribution in [0.15, 0.2) is 67.4 Å². The van der Waals surface area contributed by atoms with Crippen molar-refractivity contribution in [1.29, 1.82) is 0 Å². The van der Waals surface area contributed by atoms with Gasteiger partial charge in [0.05, 0.1) is 11.2 Å². The molecule has 5 aromatic rings. The van der Waals surface area contributed by atoms with E-state index in [1.165, 1.54) is 18.7 Å². The van der Waals surface area contributed by atoms with E-state index in [9.17, 15) is 9.18 Å². The number of benzene rings is 2. The monoisotopic (exact) mass is 453 g/mol. The Morgan fingerprint density at radius 1 is 1.03 bits per heavy atom. The summed E-state index contributed by atoms with van der Waals surface area (Å²) in [7, 11) is 0. The van der Waals surface area contributed by atoms with E-state index in [1.807, 2.05) is 0 Å². The van der Waals surface area contributed by atoms with Crippen LogP contribution in [0.25, 0.3) is 16.6 Å². The molecule has 0 atom stereocenters. The summed E-state index contributed by atoms with van der Waals surface area (Å²) in [6, 6.07) is 13.0. The average Bonchev–Trinajstić information content (AvgIpc) is 3.29. The Labute approximate surface area is 192 Å². The number of carbonyl (C=O) groups is 1. The van der Waals surface area contributed by atoms with E-state index in [1.54, 1.807) is 60.1 Å². The third kappa shape index (κ3) is 4.31. The van der Waals surface area contributed by atoms with Gasteiger partial charge in [0.15, 0.2) is 5.65 Å². The quantitative estimate of drug-likeness (QED) is 0.382. The minimum Gasteiger partial charge on any atom is -0.457 e. The number of hydrogen-bond acceptors (Lipinski definition) is 7. The van der Waals surface area contributed by atoms with Crippen molar-refractivity contribution in [2.45, 2.75) is 6.92 Å². The normalized spacial score (nSPS) is 10.5. The van der Waals surface area contributed by atoms with Crippen molar-refractivity contribution in [3.63, 3.8) is 0 Å². The molecule has 9 nitrogen and oxygen atoms in total. The van der Waals surface area contributed by atoms with Crippen LogP contribution in [0.2, 0.25) is 0 Å². The Bertz CT molecular complexity index is 1600. The summed E-state index contributed by atoms with van der Waals surface area (Å²) in [5.74, 6) is 5.20. The predicted molar refractivity (Wildman–Crippen MR) is 124 cm³/mol. The third-order valence-corrected chi connectivity index (χ3v) is 4.81. The largest absolute Gasteiger partial charge is 0.457 e. The van der Waals surface area contributed by atoms with Crippen LogP contribution in [0.1, 0.15) is 6.92 Å². The fraction of sp³-hybridized carbons (Fsp3) is 0.0417. The van der Waals surface area contributed by atoms with Crippen LogP contribution in [0, 0.1) is 17.7 Å². The molecule has 5 rings (SSSR count). The maximum Gasteiger partial charge on any atom is 0.300 e. The Balaban J connectivity index is 1.39. The van der Waals surface area contributed by atoms with E-state index >= 15 is 0 Å². The number of rotatable bonds is 5. The molecule has 0 saturated heterocycles. The molecule has 0 radical (unpaired) electrons. The van der Waals surface area contributed by atoms with Crippen molar-refractivity contribution < 1.29 is 13.9 Å². The van der Waals surface area contributed by atoms with E-state index in [-0.39, 0.29) is 5.69 Å². The number of pyridine rings is 1. The van der Waals surface area contributed by atoms with Crippen molar-refractivity contribution in [2.75, 3.05) is 10.6 Å². The van der Waals surface area contributed by atoms with Crippen LogP contribution in [-0.4, -0.2) is 30.5 Å². The van der Waals surface area contributed by atoms with E-state index in [0.717, 1.165) is 0 Å². The Morgan fingerprint density at radius 2 is 1.91 bits per heavy atom. The van der Waals surface area contributed by atoms with Gasteiger partial charge in [-0.2, -0.15) is 5.10 Å². The maximum absolute atomic E-state index is 14.9. The van der Waals surface area contributed by atoms with E-state index in [4.69, 9.17) is 4.74 Å². The molecule has 2 N–H and O–H groups in total. The van der Waals surface area contributed by atoms with Gasteiger partial charge < -0.3 is 15.4 Å². The fourth-order valence-corrected chi connectivity index (χ4v) is 3.29. The number of amides is 1. The van der Waals surface area contributed by atoms with Crippen molar-refractivity contribution in [1.82, 2.24) is 24.6 Å². The number of nitrogens with one attached hydrogen (secondary N) is 2. The molecule has 0 bridgehead atoms. The van der Waals surface area contributed by atoms with Gasteiger partial charge in [-0.25, -0.2) is 23.9 Å². The zero-order valence-corrected chi connectivity index (χ0v) is 17.8. The van der Waals surface area contributed by atoms with Crippen molar-refractivity contribution in [3.8, 4) is 23.3 Å². The molecule has 3 aromatic heterocycles. The number of halogens is 1. The van der Waals surface area contributed by atoms with Crippen LogP contribution in [0.3, 0.4) is 0 Å². The first-order chi connectivity index (χ1) is 16.6. The third-order valence-electron chi connectivity index (χ3n) is 4.81. The molecule has 0 aliphatic carbocycles. The van der Waals surface area contributed by atoms with Crippen molar-refractivity contribution in [3.05, 3.63) is 73.2 Å². The Morgan fingerprint density at radius 3 is 2.76 bits per heavy atom. The first-order valence-electron chi connectivity index (χ1n) is 10.1. The van der Waals surface area contributed by atoms with E-state index in [2.05, 4.69) is 42.5 Å². The number of anilines is 3. The molecule has 0 aliphatic rings. The molecule has 2 aromatic carbocycles. The molecule has 0 unspecified atom stereocenters. The summed E-state index contributed by atoms with van der Waals surface area (Å²) >= 11 is 0. The van der Waals surface area contributed by atoms with Gasteiger partial charge in [0, 0.05) is 29.4 Å². The van der Waals surface area contributed by atoms with Gasteiger partial charge >= 0.3 is 0 Å². The molecular weight excluding hydrogens is 437 g/mol. The van der Waals surface area contributed by atoms with E-state index < -0.39 is 11.7 Å². The number of fused-ring (bicyclic) bond motifs is 2. The summed E-state index contributed by atoms with van der Waals surface area (Å²) in [5.41, 5.74) is 1.96. The van der Waals surface area contributed by atoms with Crippen LogP contribution in [0.4, 0.5) is 21.6 Å². The van der Waals surface area contributed by atoms with Crippen LogP contribution in [-0.2, 0) is 4.79 Å². The zero-order chi connectivity index (χ0) is 23.5. The lowest BCUT2D eigenvalue weighted by Gasteiger charge is -2.12. The van der Waals surface area contributed by atoms with Gasteiger partial charge in [0.2, 0.25) is 0 Å². The fourth-order valence-electron chi connectivity index (χ4n) is 3.29. The summed E-state index contributed by atoms with van der Waals surface area (Å²) in [4.78, 5) is 24.3. The highest BCUT2D eigenvalue weighted by Gasteiger charge is 2.11. The predicted octanol–water partition coefficient (Wildman–Crippen LogP) is 4.31. The van der Waals surface area contributed by atoms with Gasteiger partial charge in [-0.15, -0.1) is 0 Å². The summed E-state index contributed by atoms with van der Waals surface area (Å²) in [6.07, 6.45) is 4.52. The molecule has 34 heavy (non-hydrogen) atoms. The lowest BCUT2D eigenvalue weighted by atomic mass is 10.2. The Kier molecular flexibility index (Phi) is 5.42. The first-order valence-corrected chi connectivity index (χ1v) is 10.1. The van der Waals surface area contributed by atoms with Gasteiger partial charge in [-0.3, -0.25) is 4.79 Å². The average molecular weight is 453 g/mol. The van der Waals surface area contributed by atoms with Crippen molar-refractivity contribution in [2.24, 2.45) is 0 Å². The Hall–Kier alpha value is -5.04. The topological polar surface area (TPSA) is 106 Å². The van der Waals surface area contributed by atoms with Gasteiger partial charge in [-0.05, 0) is 49.2 Å². The van der Waals surface area contributed by atoms with Crippen LogP contribution >= 0.6 is 0 Å². The number of carbonyl (C=O) groups excluding carboxylic acids is 1. The smallest absolute Gasteiger partial charge is 0.300 e. The molecule has 166 valence electrons. The standard InChI is InChI=1S/C24H16FN7O2/c1-2-3-23(33)30-15-4-6-20-18(10-15)24(28-13-26-20)31-21-7-5-16(11-19(21)25)34-17-8-9-32-22(12-17)27-14-29-32/h4-14H,1H3,(H,30,33)(H,26,28,31). The highest BCUT2D eigenvalue weighted by Crippen LogP contribution is 2.30. The molecular formula is C24H16FN7O2. The SMILES string of the molecule is CC#CC(=O)Nc1ccc2ncnc(Nc3ccc(Oc4ccn5ncnc5c4)cc3F)c2c1. The van der Waals surface area contributed by atoms with Gasteiger partial charge in [0.25, 0.3) is 5.91 Å². The molecule has 0 aliphatic heterocycles.